The lowest BCUT2D eigenvalue weighted by atomic mass is 10.1. The molecule has 142 valence electrons. The van der Waals surface area contributed by atoms with Crippen molar-refractivity contribution < 1.29 is 14.3 Å². The Bertz CT molecular complexity index is 829. The zero-order valence-corrected chi connectivity index (χ0v) is 15.7. The first-order valence-electron chi connectivity index (χ1n) is 9.15. The van der Waals surface area contributed by atoms with Gasteiger partial charge in [0.05, 0.1) is 18.4 Å². The summed E-state index contributed by atoms with van der Waals surface area (Å²) in [5.41, 5.74) is 2.89. The maximum atomic E-state index is 12.9. The van der Waals surface area contributed by atoms with Crippen LogP contribution in [0.25, 0.3) is 0 Å². The van der Waals surface area contributed by atoms with Gasteiger partial charge in [0, 0.05) is 19.6 Å². The lowest BCUT2D eigenvalue weighted by Crippen LogP contribution is -2.32. The molecule has 6 heteroatoms. The largest absolute Gasteiger partial charge is 0.497 e. The van der Waals surface area contributed by atoms with Gasteiger partial charge in [-0.1, -0.05) is 24.3 Å². The number of hydrogen-bond acceptors (Lipinski definition) is 3. The number of hydrogen-bond donors (Lipinski definition) is 2. The van der Waals surface area contributed by atoms with E-state index in [4.69, 9.17) is 4.74 Å². The van der Waals surface area contributed by atoms with E-state index >= 15 is 0 Å². The van der Waals surface area contributed by atoms with Crippen LogP contribution < -0.4 is 15.4 Å². The monoisotopic (exact) mass is 367 g/mol. The van der Waals surface area contributed by atoms with Crippen molar-refractivity contribution in [2.24, 2.45) is 0 Å². The van der Waals surface area contributed by atoms with Gasteiger partial charge in [0.2, 0.25) is 0 Å². The highest BCUT2D eigenvalue weighted by Gasteiger charge is 2.24. The molecule has 0 bridgehead atoms. The van der Waals surface area contributed by atoms with Gasteiger partial charge in [-0.05, 0) is 49.1 Å². The van der Waals surface area contributed by atoms with Crippen molar-refractivity contribution in [3.8, 4) is 5.75 Å². The third kappa shape index (κ3) is 4.58. The Hall–Kier alpha value is -3.02. The number of nitrogens with one attached hydrogen (secondary N) is 2. The number of ether oxygens (including phenoxy) is 1. The van der Waals surface area contributed by atoms with Crippen LogP contribution in [0.4, 0.5) is 10.5 Å². The Morgan fingerprint density at radius 2 is 1.85 bits per heavy atom. The van der Waals surface area contributed by atoms with Crippen LogP contribution in [0.5, 0.6) is 5.75 Å². The standard InChI is InChI=1S/C21H25N3O3/c1-15-7-5-10-18(19(15)20(25)24-11-3-4-12-24)23-21(26)22-14-16-8-6-9-17(13-16)27-2/h5-10,13H,3-4,11-12,14H2,1-2H3,(H2,22,23,26). The van der Waals surface area contributed by atoms with Gasteiger partial charge in [-0.2, -0.15) is 0 Å². The number of carbonyl (C=O) groups excluding carboxylic acids is 2. The van der Waals surface area contributed by atoms with Crippen LogP contribution in [0, 0.1) is 6.92 Å². The molecule has 0 unspecified atom stereocenters. The summed E-state index contributed by atoms with van der Waals surface area (Å²) in [6.45, 7) is 3.80. The van der Waals surface area contributed by atoms with Gasteiger partial charge in [-0.25, -0.2) is 4.79 Å². The molecule has 0 radical (unpaired) electrons. The number of aryl methyl sites for hydroxylation is 1. The topological polar surface area (TPSA) is 70.7 Å². The van der Waals surface area contributed by atoms with Gasteiger partial charge >= 0.3 is 6.03 Å². The van der Waals surface area contributed by atoms with Crippen LogP contribution in [0.2, 0.25) is 0 Å². The van der Waals surface area contributed by atoms with E-state index in [1.165, 1.54) is 0 Å². The summed E-state index contributed by atoms with van der Waals surface area (Å²) in [4.78, 5) is 27.1. The number of carbonyl (C=O) groups is 2. The fourth-order valence-corrected chi connectivity index (χ4v) is 3.27. The molecule has 0 aliphatic carbocycles. The molecule has 3 rings (SSSR count). The molecule has 2 aromatic rings. The second kappa shape index (κ2) is 8.58. The van der Waals surface area contributed by atoms with Gasteiger partial charge in [-0.3, -0.25) is 4.79 Å². The van der Waals surface area contributed by atoms with Crippen LogP contribution in [0.15, 0.2) is 42.5 Å². The summed E-state index contributed by atoms with van der Waals surface area (Å²) in [5.74, 6) is 0.723. The van der Waals surface area contributed by atoms with Crippen LogP contribution in [0.1, 0.15) is 34.3 Å². The summed E-state index contributed by atoms with van der Waals surface area (Å²) < 4.78 is 5.19. The zero-order chi connectivity index (χ0) is 19.2. The van der Waals surface area contributed by atoms with Crippen molar-refractivity contribution in [2.45, 2.75) is 26.3 Å². The van der Waals surface area contributed by atoms with Crippen molar-refractivity contribution in [3.63, 3.8) is 0 Å². The first kappa shape index (κ1) is 18.8. The summed E-state index contributed by atoms with van der Waals surface area (Å²) in [6.07, 6.45) is 2.06. The lowest BCUT2D eigenvalue weighted by molar-refractivity contribution is 0.0793. The Morgan fingerprint density at radius 3 is 2.59 bits per heavy atom. The van der Waals surface area contributed by atoms with Gasteiger partial charge in [0.15, 0.2) is 0 Å². The first-order chi connectivity index (χ1) is 13.1. The average molecular weight is 367 g/mol. The highest BCUT2D eigenvalue weighted by atomic mass is 16.5. The number of benzene rings is 2. The van der Waals surface area contributed by atoms with E-state index in [0.717, 1.165) is 42.8 Å². The number of urea groups is 1. The van der Waals surface area contributed by atoms with Gasteiger partial charge in [0.1, 0.15) is 5.75 Å². The molecule has 1 heterocycles. The Morgan fingerprint density at radius 1 is 1.11 bits per heavy atom. The second-order valence-electron chi connectivity index (χ2n) is 6.66. The van der Waals surface area contributed by atoms with Crippen LogP contribution in [0.3, 0.4) is 0 Å². The maximum absolute atomic E-state index is 12.9. The number of likely N-dealkylation sites (tertiary alicyclic amines) is 1. The minimum atomic E-state index is -0.348. The number of anilines is 1. The SMILES string of the molecule is COc1cccc(CNC(=O)Nc2cccc(C)c2C(=O)N2CCCC2)c1. The van der Waals surface area contributed by atoms with E-state index in [2.05, 4.69) is 10.6 Å². The Kier molecular flexibility index (Phi) is 5.96. The summed E-state index contributed by atoms with van der Waals surface area (Å²) >= 11 is 0. The molecular formula is C21H25N3O3. The summed E-state index contributed by atoms with van der Waals surface area (Å²) in [7, 11) is 1.61. The third-order valence-electron chi connectivity index (χ3n) is 4.72. The number of nitrogens with zero attached hydrogens (tertiary/aromatic N) is 1. The highest BCUT2D eigenvalue weighted by molar-refractivity contribution is 6.04. The lowest BCUT2D eigenvalue weighted by Gasteiger charge is -2.20. The average Bonchev–Trinajstić information content (AvgIpc) is 3.21. The number of methoxy groups -OCH3 is 1. The van der Waals surface area contributed by atoms with E-state index in [-0.39, 0.29) is 11.9 Å². The molecule has 0 saturated carbocycles. The minimum Gasteiger partial charge on any atom is -0.497 e. The van der Waals surface area contributed by atoms with E-state index in [1.54, 1.807) is 13.2 Å². The van der Waals surface area contributed by atoms with Gasteiger partial charge < -0.3 is 20.3 Å². The molecule has 1 saturated heterocycles. The molecule has 0 atom stereocenters. The van der Waals surface area contributed by atoms with Crippen molar-refractivity contribution in [2.75, 3.05) is 25.5 Å². The van der Waals surface area contributed by atoms with Crippen LogP contribution in [-0.2, 0) is 6.54 Å². The quantitative estimate of drug-likeness (QED) is 0.849. The van der Waals surface area contributed by atoms with E-state index < -0.39 is 0 Å². The van der Waals surface area contributed by atoms with Gasteiger partial charge in [-0.15, -0.1) is 0 Å². The summed E-state index contributed by atoms with van der Waals surface area (Å²) in [5, 5.41) is 5.65. The smallest absolute Gasteiger partial charge is 0.319 e. The molecule has 2 aromatic carbocycles. The summed E-state index contributed by atoms with van der Waals surface area (Å²) in [6, 6.07) is 12.7. The fraction of sp³-hybridized carbons (Fsp3) is 0.333. The van der Waals surface area contributed by atoms with Crippen molar-refractivity contribution in [3.05, 3.63) is 59.2 Å². The minimum absolute atomic E-state index is 0.0197. The van der Waals surface area contributed by atoms with E-state index in [1.807, 2.05) is 48.2 Å². The molecule has 1 aliphatic heterocycles. The third-order valence-corrected chi connectivity index (χ3v) is 4.72. The molecule has 0 aromatic heterocycles. The number of amides is 3. The normalized spacial score (nSPS) is 13.3. The molecule has 1 fully saturated rings. The van der Waals surface area contributed by atoms with Crippen LogP contribution in [-0.4, -0.2) is 37.0 Å². The van der Waals surface area contributed by atoms with Crippen LogP contribution >= 0.6 is 0 Å². The second-order valence-corrected chi connectivity index (χ2v) is 6.66. The van der Waals surface area contributed by atoms with Gasteiger partial charge in [0.25, 0.3) is 5.91 Å². The first-order valence-corrected chi connectivity index (χ1v) is 9.15. The molecule has 1 aliphatic rings. The predicted octanol–water partition coefficient (Wildman–Crippen LogP) is 3.56. The number of rotatable bonds is 5. The highest BCUT2D eigenvalue weighted by Crippen LogP contribution is 2.23. The van der Waals surface area contributed by atoms with Crippen molar-refractivity contribution in [1.82, 2.24) is 10.2 Å². The van der Waals surface area contributed by atoms with Crippen molar-refractivity contribution in [1.29, 1.82) is 0 Å². The molecular weight excluding hydrogens is 342 g/mol. The predicted molar refractivity (Wildman–Crippen MR) is 105 cm³/mol. The maximum Gasteiger partial charge on any atom is 0.319 e. The molecule has 0 spiro atoms. The van der Waals surface area contributed by atoms with E-state index in [9.17, 15) is 9.59 Å². The Labute approximate surface area is 159 Å². The van der Waals surface area contributed by atoms with E-state index in [0.29, 0.717) is 17.8 Å². The molecule has 3 amide bonds. The molecule has 27 heavy (non-hydrogen) atoms. The Balaban J connectivity index is 1.68. The molecule has 2 N–H and O–H groups in total. The fourth-order valence-electron chi connectivity index (χ4n) is 3.27. The molecule has 6 nitrogen and oxygen atoms in total. The zero-order valence-electron chi connectivity index (χ0n) is 15.7. The van der Waals surface area contributed by atoms with Crippen molar-refractivity contribution >= 4 is 17.6 Å².